The van der Waals surface area contributed by atoms with Crippen LogP contribution in [0.3, 0.4) is 0 Å². The second-order valence-electron chi connectivity index (χ2n) is 7.46. The molecule has 0 spiro atoms. The number of ketones is 1. The number of rotatable bonds is 6. The molecule has 6 nitrogen and oxygen atoms in total. The van der Waals surface area contributed by atoms with Crippen LogP contribution in [0.4, 0.5) is 0 Å². The molecule has 2 aliphatic rings. The Morgan fingerprint density at radius 3 is 2.63 bits per heavy atom. The van der Waals surface area contributed by atoms with Crippen molar-refractivity contribution < 1.29 is 4.79 Å². The highest BCUT2D eigenvalue weighted by molar-refractivity contribution is 6.04. The lowest BCUT2D eigenvalue weighted by molar-refractivity contribution is 0.104. The quantitative estimate of drug-likeness (QED) is 0.582. The van der Waals surface area contributed by atoms with Crippen LogP contribution in [-0.2, 0) is 0 Å². The van der Waals surface area contributed by atoms with Gasteiger partial charge in [0.2, 0.25) is 0 Å². The third kappa shape index (κ3) is 4.45. The summed E-state index contributed by atoms with van der Waals surface area (Å²) in [4.78, 5) is 21.4. The molecule has 2 aliphatic heterocycles. The number of carbonyl (C=O) groups is 1. The van der Waals surface area contributed by atoms with Gasteiger partial charge in [-0.15, -0.1) is 0 Å². The molecular weight excluding hydrogens is 338 g/mol. The minimum atomic E-state index is 0.0452. The van der Waals surface area contributed by atoms with Gasteiger partial charge >= 0.3 is 0 Å². The Kier molecular flexibility index (Phi) is 5.63. The number of hydrogen-bond acceptors (Lipinski definition) is 5. The molecule has 27 heavy (non-hydrogen) atoms. The number of aromatic nitrogens is 3. The highest BCUT2D eigenvalue weighted by atomic mass is 16.1. The molecule has 2 fully saturated rings. The average molecular weight is 365 g/mol. The van der Waals surface area contributed by atoms with Crippen molar-refractivity contribution in [3.05, 3.63) is 54.8 Å². The number of nitrogens with zero attached hydrogens (tertiary/aromatic N) is 5. The van der Waals surface area contributed by atoms with Crippen molar-refractivity contribution in [2.24, 2.45) is 0 Å². The van der Waals surface area contributed by atoms with E-state index in [0.29, 0.717) is 11.6 Å². The van der Waals surface area contributed by atoms with Gasteiger partial charge in [0, 0.05) is 37.0 Å². The smallest absolute Gasteiger partial charge is 0.187 e. The van der Waals surface area contributed by atoms with Gasteiger partial charge < -0.3 is 9.80 Å². The molecule has 6 heteroatoms. The van der Waals surface area contributed by atoms with Gasteiger partial charge in [0.15, 0.2) is 5.78 Å². The Labute approximate surface area is 160 Å². The Morgan fingerprint density at radius 2 is 1.89 bits per heavy atom. The summed E-state index contributed by atoms with van der Waals surface area (Å²) in [7, 11) is 0. The molecule has 142 valence electrons. The molecule has 4 rings (SSSR count). The van der Waals surface area contributed by atoms with Crippen LogP contribution in [0.25, 0.3) is 5.69 Å². The Balaban J connectivity index is 1.35. The van der Waals surface area contributed by atoms with Crippen LogP contribution in [0.2, 0.25) is 0 Å². The predicted octanol–water partition coefficient (Wildman–Crippen LogP) is 2.91. The molecule has 1 aromatic carbocycles. The third-order valence-electron chi connectivity index (χ3n) is 5.59. The van der Waals surface area contributed by atoms with Crippen molar-refractivity contribution in [3.63, 3.8) is 0 Å². The second-order valence-corrected chi connectivity index (χ2v) is 7.46. The molecule has 0 radical (unpaired) electrons. The van der Waals surface area contributed by atoms with Gasteiger partial charge in [-0.3, -0.25) is 4.79 Å². The number of likely N-dealkylation sites (tertiary alicyclic amines) is 2. The minimum absolute atomic E-state index is 0.0452. The summed E-state index contributed by atoms with van der Waals surface area (Å²) in [6, 6.07) is 8.02. The fraction of sp³-hybridized carbons (Fsp3) is 0.476. The standard InChI is InChI=1S/C21H27N5O/c27-21(18-6-8-19(9-7-18)26-17-22-16-23-26)10-14-25-13-4-5-20(25)15-24-11-2-1-3-12-24/h6-10,14,16-17,20H,1-5,11-13,15H2/t20-/m0/s1. The minimum Gasteiger partial charge on any atom is -0.373 e. The van der Waals surface area contributed by atoms with E-state index in [-0.39, 0.29) is 5.78 Å². The highest BCUT2D eigenvalue weighted by Crippen LogP contribution is 2.21. The van der Waals surface area contributed by atoms with Crippen molar-refractivity contribution in [3.8, 4) is 5.69 Å². The maximum atomic E-state index is 12.5. The molecule has 0 N–H and O–H groups in total. The lowest BCUT2D eigenvalue weighted by atomic mass is 10.1. The summed E-state index contributed by atoms with van der Waals surface area (Å²) in [5.41, 5.74) is 1.59. The first-order valence-corrected chi connectivity index (χ1v) is 9.95. The summed E-state index contributed by atoms with van der Waals surface area (Å²) in [6.45, 7) is 4.63. The Morgan fingerprint density at radius 1 is 1.07 bits per heavy atom. The first-order chi connectivity index (χ1) is 13.3. The molecule has 0 aliphatic carbocycles. The van der Waals surface area contributed by atoms with Crippen molar-refractivity contribution in [1.82, 2.24) is 24.6 Å². The summed E-state index contributed by atoms with van der Waals surface area (Å²) in [5.74, 6) is 0.0452. The van der Waals surface area contributed by atoms with Gasteiger partial charge in [0.05, 0.1) is 5.69 Å². The highest BCUT2D eigenvalue weighted by Gasteiger charge is 2.24. The Bertz CT molecular complexity index is 762. The van der Waals surface area contributed by atoms with Crippen molar-refractivity contribution >= 4 is 5.78 Å². The molecule has 1 atom stereocenters. The zero-order valence-corrected chi connectivity index (χ0v) is 15.7. The largest absolute Gasteiger partial charge is 0.373 e. The third-order valence-corrected chi connectivity index (χ3v) is 5.59. The monoisotopic (exact) mass is 365 g/mol. The number of piperidine rings is 1. The summed E-state index contributed by atoms with van der Waals surface area (Å²) < 4.78 is 1.68. The number of carbonyl (C=O) groups excluding carboxylic acids is 1. The summed E-state index contributed by atoms with van der Waals surface area (Å²) in [5, 5.41) is 4.10. The van der Waals surface area contributed by atoms with E-state index in [1.165, 1.54) is 51.5 Å². The first kappa shape index (κ1) is 17.9. The van der Waals surface area contributed by atoms with E-state index in [1.54, 1.807) is 17.1 Å². The van der Waals surface area contributed by atoms with Gasteiger partial charge in [0.1, 0.15) is 12.7 Å². The van der Waals surface area contributed by atoms with Crippen LogP contribution in [0.1, 0.15) is 42.5 Å². The second kappa shape index (κ2) is 8.48. The fourth-order valence-corrected chi connectivity index (χ4v) is 4.07. The average Bonchev–Trinajstić information content (AvgIpc) is 3.39. The molecule has 2 saturated heterocycles. The van der Waals surface area contributed by atoms with Crippen LogP contribution >= 0.6 is 0 Å². The lowest BCUT2D eigenvalue weighted by Crippen LogP contribution is -2.40. The number of allylic oxidation sites excluding steroid dienone is 1. The van der Waals surface area contributed by atoms with Crippen molar-refractivity contribution in [2.45, 2.75) is 38.1 Å². The van der Waals surface area contributed by atoms with Gasteiger partial charge in [-0.25, -0.2) is 9.67 Å². The van der Waals surface area contributed by atoms with E-state index >= 15 is 0 Å². The predicted molar refractivity (Wildman–Crippen MR) is 105 cm³/mol. The van der Waals surface area contributed by atoms with Crippen LogP contribution in [0.15, 0.2) is 49.2 Å². The summed E-state index contributed by atoms with van der Waals surface area (Å²) >= 11 is 0. The number of benzene rings is 1. The van der Waals surface area contributed by atoms with E-state index in [4.69, 9.17) is 0 Å². The molecule has 0 saturated carbocycles. The fourth-order valence-electron chi connectivity index (χ4n) is 4.07. The van der Waals surface area contributed by atoms with Gasteiger partial charge in [0.25, 0.3) is 0 Å². The maximum Gasteiger partial charge on any atom is 0.187 e. The van der Waals surface area contributed by atoms with Gasteiger partial charge in [-0.05, 0) is 63.0 Å². The SMILES string of the molecule is O=C(C=CN1CCC[C@H]1CN1CCCCC1)c1ccc(-n2cncn2)cc1. The van der Waals surface area contributed by atoms with E-state index in [1.807, 2.05) is 30.5 Å². The van der Waals surface area contributed by atoms with E-state index in [2.05, 4.69) is 19.9 Å². The van der Waals surface area contributed by atoms with E-state index < -0.39 is 0 Å². The zero-order valence-electron chi connectivity index (χ0n) is 15.7. The van der Waals surface area contributed by atoms with Crippen LogP contribution in [0.5, 0.6) is 0 Å². The van der Waals surface area contributed by atoms with Crippen molar-refractivity contribution in [2.75, 3.05) is 26.2 Å². The summed E-state index contributed by atoms with van der Waals surface area (Å²) in [6.07, 6.45) is 13.3. The topological polar surface area (TPSA) is 54.3 Å². The first-order valence-electron chi connectivity index (χ1n) is 9.95. The van der Waals surface area contributed by atoms with E-state index in [0.717, 1.165) is 18.8 Å². The van der Waals surface area contributed by atoms with Crippen LogP contribution in [0, 0.1) is 0 Å². The molecule has 1 aromatic heterocycles. The molecule has 0 unspecified atom stereocenters. The van der Waals surface area contributed by atoms with Gasteiger partial charge in [-0.2, -0.15) is 5.10 Å². The lowest BCUT2D eigenvalue weighted by Gasteiger charge is -2.32. The molecule has 2 aromatic rings. The number of hydrogen-bond donors (Lipinski definition) is 0. The van der Waals surface area contributed by atoms with E-state index in [9.17, 15) is 4.79 Å². The molecular formula is C21H27N5O. The van der Waals surface area contributed by atoms with Gasteiger partial charge in [-0.1, -0.05) is 6.42 Å². The molecule has 0 amide bonds. The Hall–Kier alpha value is -2.47. The van der Waals surface area contributed by atoms with Crippen LogP contribution < -0.4 is 0 Å². The van der Waals surface area contributed by atoms with Crippen molar-refractivity contribution in [1.29, 1.82) is 0 Å². The molecule has 0 bridgehead atoms. The zero-order chi connectivity index (χ0) is 18.5. The van der Waals surface area contributed by atoms with Crippen LogP contribution in [-0.4, -0.2) is 62.6 Å². The molecule has 3 heterocycles. The maximum absolute atomic E-state index is 12.5. The normalized spacial score (nSPS) is 21.2.